The van der Waals surface area contributed by atoms with Gasteiger partial charge < -0.3 is 10.2 Å². The van der Waals surface area contributed by atoms with E-state index in [0.717, 1.165) is 0 Å². The van der Waals surface area contributed by atoms with Crippen LogP contribution in [0.3, 0.4) is 0 Å². The molecule has 0 bridgehead atoms. The van der Waals surface area contributed by atoms with Gasteiger partial charge in [0.25, 0.3) is 0 Å². The number of hydrogen-bond donors (Lipinski definition) is 2. The van der Waals surface area contributed by atoms with Gasteiger partial charge in [-0.2, -0.15) is 4.31 Å². The Hall–Kier alpha value is -1.15. The third kappa shape index (κ3) is 3.55. The van der Waals surface area contributed by atoms with Crippen LogP contribution in [-0.4, -0.2) is 37.0 Å². The fourth-order valence-corrected chi connectivity index (χ4v) is 4.50. The van der Waals surface area contributed by atoms with Crippen LogP contribution in [0.15, 0.2) is 29.2 Å². The number of benzene rings is 1. The summed E-state index contributed by atoms with van der Waals surface area (Å²) >= 11 is 0. The fourth-order valence-electron chi connectivity index (χ4n) is 2.76. The first-order chi connectivity index (χ1) is 9.56. The average Bonchev–Trinajstić information content (AvgIpc) is 2.35. The fraction of sp³-hybridized carbons (Fsp3) is 0.571. The van der Waals surface area contributed by atoms with Gasteiger partial charge in [0, 0.05) is 18.8 Å². The van der Waals surface area contributed by atoms with E-state index in [1.165, 1.54) is 4.31 Å². The van der Waals surface area contributed by atoms with Crippen molar-refractivity contribution in [3.63, 3.8) is 0 Å². The first kappa shape index (κ1) is 16.2. The zero-order valence-corrected chi connectivity index (χ0v) is 13.7. The molecule has 1 saturated heterocycles. The molecule has 0 aliphatic carbocycles. The predicted molar refractivity (Wildman–Crippen MR) is 82.3 cm³/mol. The molecule has 7 heteroatoms. The van der Waals surface area contributed by atoms with Crippen LogP contribution in [0, 0.1) is 0 Å². The maximum absolute atomic E-state index is 12.8. The molecule has 1 aromatic rings. The molecular formula is C14H23N3O3S. The molecule has 1 fully saturated rings. The lowest BCUT2D eigenvalue weighted by Gasteiger charge is -2.46. The summed E-state index contributed by atoms with van der Waals surface area (Å²) in [5.41, 5.74) is 2.11. The van der Waals surface area contributed by atoms with E-state index in [9.17, 15) is 8.42 Å². The summed E-state index contributed by atoms with van der Waals surface area (Å²) in [5.74, 6) is 5.30. The Bertz CT molecular complexity index is 593. The van der Waals surface area contributed by atoms with Crippen molar-refractivity contribution in [2.75, 3.05) is 18.5 Å². The summed E-state index contributed by atoms with van der Waals surface area (Å²) in [7, 11) is -3.54. The number of morpholine rings is 1. The summed E-state index contributed by atoms with van der Waals surface area (Å²) < 4.78 is 33.0. The van der Waals surface area contributed by atoms with Crippen LogP contribution in [0.4, 0.5) is 5.69 Å². The lowest BCUT2D eigenvalue weighted by molar-refractivity contribution is -0.163. The van der Waals surface area contributed by atoms with Crippen molar-refractivity contribution in [2.24, 2.45) is 5.84 Å². The van der Waals surface area contributed by atoms with Gasteiger partial charge >= 0.3 is 0 Å². The van der Waals surface area contributed by atoms with Crippen LogP contribution in [-0.2, 0) is 14.8 Å². The molecule has 0 saturated carbocycles. The van der Waals surface area contributed by atoms with Gasteiger partial charge in [0.2, 0.25) is 10.0 Å². The van der Waals surface area contributed by atoms with E-state index in [4.69, 9.17) is 10.6 Å². The molecule has 1 aliphatic heterocycles. The van der Waals surface area contributed by atoms with Gasteiger partial charge in [0.1, 0.15) is 0 Å². The smallest absolute Gasteiger partial charge is 0.243 e. The predicted octanol–water partition coefficient (Wildman–Crippen LogP) is 1.55. The van der Waals surface area contributed by atoms with E-state index in [2.05, 4.69) is 5.43 Å². The minimum absolute atomic E-state index is 0.259. The number of nitrogen functional groups attached to an aromatic ring is 1. The molecule has 0 amide bonds. The molecule has 2 rings (SSSR count). The zero-order chi connectivity index (χ0) is 15.9. The largest absolute Gasteiger partial charge is 0.367 e. The molecule has 0 atom stereocenters. The van der Waals surface area contributed by atoms with Crippen LogP contribution in [0.2, 0.25) is 0 Å². The first-order valence-electron chi connectivity index (χ1n) is 6.83. The van der Waals surface area contributed by atoms with Crippen molar-refractivity contribution in [3.05, 3.63) is 24.3 Å². The number of rotatable bonds is 3. The molecule has 1 aliphatic rings. The summed E-state index contributed by atoms with van der Waals surface area (Å²) in [4.78, 5) is 0.259. The minimum atomic E-state index is -3.54. The highest BCUT2D eigenvalue weighted by molar-refractivity contribution is 7.89. The summed E-state index contributed by atoms with van der Waals surface area (Å²) in [6.07, 6.45) is 0. The van der Waals surface area contributed by atoms with Gasteiger partial charge in [-0.1, -0.05) is 0 Å². The molecule has 6 nitrogen and oxygen atoms in total. The maximum atomic E-state index is 12.8. The van der Waals surface area contributed by atoms with Crippen molar-refractivity contribution >= 4 is 15.7 Å². The number of ether oxygens (including phenoxy) is 1. The van der Waals surface area contributed by atoms with Crippen LogP contribution >= 0.6 is 0 Å². The monoisotopic (exact) mass is 313 g/mol. The molecule has 3 N–H and O–H groups in total. The Kier molecular flexibility index (Phi) is 4.05. The topological polar surface area (TPSA) is 84.7 Å². The SMILES string of the molecule is CC1(C)CN(S(=O)(=O)c2ccc(NN)cc2)CC(C)(C)O1. The average molecular weight is 313 g/mol. The number of sulfonamides is 1. The number of hydrogen-bond acceptors (Lipinski definition) is 5. The molecule has 0 unspecified atom stereocenters. The lowest BCUT2D eigenvalue weighted by atomic mass is 10.0. The Morgan fingerprint density at radius 3 is 2.00 bits per heavy atom. The lowest BCUT2D eigenvalue weighted by Crippen LogP contribution is -2.58. The summed E-state index contributed by atoms with van der Waals surface area (Å²) in [6.45, 7) is 8.26. The minimum Gasteiger partial charge on any atom is -0.367 e. The highest BCUT2D eigenvalue weighted by Crippen LogP contribution is 2.31. The third-order valence-corrected chi connectivity index (χ3v) is 5.13. The zero-order valence-electron chi connectivity index (χ0n) is 12.9. The van der Waals surface area contributed by atoms with Gasteiger partial charge in [-0.05, 0) is 52.0 Å². The molecular weight excluding hydrogens is 290 g/mol. The third-order valence-electron chi connectivity index (χ3n) is 3.33. The van der Waals surface area contributed by atoms with E-state index in [0.29, 0.717) is 18.8 Å². The molecule has 1 aromatic carbocycles. The van der Waals surface area contributed by atoms with Crippen molar-refractivity contribution in [3.8, 4) is 0 Å². The molecule has 21 heavy (non-hydrogen) atoms. The number of anilines is 1. The molecule has 1 heterocycles. The van der Waals surface area contributed by atoms with Crippen molar-refractivity contribution in [1.29, 1.82) is 0 Å². The first-order valence-corrected chi connectivity index (χ1v) is 8.27. The highest BCUT2D eigenvalue weighted by atomic mass is 32.2. The number of nitrogens with two attached hydrogens (primary N) is 1. The van der Waals surface area contributed by atoms with E-state index in [-0.39, 0.29) is 4.90 Å². The van der Waals surface area contributed by atoms with E-state index in [1.54, 1.807) is 24.3 Å². The maximum Gasteiger partial charge on any atom is 0.243 e. The summed E-state index contributed by atoms with van der Waals surface area (Å²) in [5, 5.41) is 0. The van der Waals surface area contributed by atoms with Crippen molar-refractivity contribution in [2.45, 2.75) is 43.8 Å². The molecule has 118 valence electrons. The molecule has 0 radical (unpaired) electrons. The van der Waals surface area contributed by atoms with E-state index < -0.39 is 21.2 Å². The Labute approximate surface area is 126 Å². The number of hydrazine groups is 1. The van der Waals surface area contributed by atoms with Gasteiger partial charge in [-0.15, -0.1) is 0 Å². The van der Waals surface area contributed by atoms with E-state index in [1.807, 2.05) is 27.7 Å². The number of nitrogens with zero attached hydrogens (tertiary/aromatic N) is 1. The van der Waals surface area contributed by atoms with Crippen LogP contribution < -0.4 is 11.3 Å². The molecule has 0 spiro atoms. The van der Waals surface area contributed by atoms with Gasteiger partial charge in [-0.25, -0.2) is 8.42 Å². The van der Waals surface area contributed by atoms with Gasteiger partial charge in [0.05, 0.1) is 16.1 Å². The standard InChI is InChI=1S/C14H23N3O3S/c1-13(2)9-17(10-14(3,4)20-13)21(18,19)12-7-5-11(16-15)6-8-12/h5-8,16H,9-10,15H2,1-4H3. The Morgan fingerprint density at radius 1 is 1.10 bits per heavy atom. The van der Waals surface area contributed by atoms with Gasteiger partial charge in [0.15, 0.2) is 0 Å². The second kappa shape index (κ2) is 5.24. The van der Waals surface area contributed by atoms with Crippen LogP contribution in [0.1, 0.15) is 27.7 Å². The van der Waals surface area contributed by atoms with Gasteiger partial charge in [-0.3, -0.25) is 5.84 Å². The quantitative estimate of drug-likeness (QED) is 0.653. The van der Waals surface area contributed by atoms with E-state index >= 15 is 0 Å². The Morgan fingerprint density at radius 2 is 1.57 bits per heavy atom. The normalized spacial score (nSPS) is 22.0. The second-order valence-corrected chi connectivity index (χ2v) is 8.50. The Balaban J connectivity index is 2.33. The van der Waals surface area contributed by atoms with Crippen LogP contribution in [0.25, 0.3) is 0 Å². The highest BCUT2D eigenvalue weighted by Gasteiger charge is 2.43. The summed E-state index contributed by atoms with van der Waals surface area (Å²) in [6, 6.07) is 6.40. The van der Waals surface area contributed by atoms with Crippen molar-refractivity contribution < 1.29 is 13.2 Å². The number of nitrogens with one attached hydrogen (secondary N) is 1. The van der Waals surface area contributed by atoms with Crippen LogP contribution in [0.5, 0.6) is 0 Å². The van der Waals surface area contributed by atoms with Crippen molar-refractivity contribution in [1.82, 2.24) is 4.31 Å². The molecule has 0 aromatic heterocycles. The second-order valence-electron chi connectivity index (χ2n) is 6.56.